The molecule has 0 aliphatic rings. The molecule has 1 aromatic carbocycles. The van der Waals surface area contributed by atoms with Gasteiger partial charge in [0.1, 0.15) is 0 Å². The van der Waals surface area contributed by atoms with E-state index in [1.807, 2.05) is 0 Å². The van der Waals surface area contributed by atoms with Crippen molar-refractivity contribution >= 4 is 21.4 Å². The van der Waals surface area contributed by atoms with Crippen molar-refractivity contribution in [1.82, 2.24) is 4.72 Å². The van der Waals surface area contributed by atoms with E-state index in [0.29, 0.717) is 11.6 Å². The molecule has 0 saturated carbocycles. The highest BCUT2D eigenvalue weighted by Crippen LogP contribution is 2.27. The van der Waals surface area contributed by atoms with E-state index in [0.717, 1.165) is 12.2 Å². The van der Waals surface area contributed by atoms with Gasteiger partial charge in [0.15, 0.2) is 0 Å². The lowest BCUT2D eigenvalue weighted by molar-refractivity contribution is 0.274. The van der Waals surface area contributed by atoms with Crippen LogP contribution < -0.4 is 15.8 Å². The van der Waals surface area contributed by atoms with Crippen LogP contribution in [-0.4, -0.2) is 22.0 Å². The predicted octanol–water partition coefficient (Wildman–Crippen LogP) is 2.27. The molecule has 0 aliphatic heterocycles. The third kappa shape index (κ3) is 4.11. The monoisotopic (exact) mass is 299 g/mol. The number of anilines is 2. The molecule has 114 valence electrons. The molecule has 0 bridgehead atoms. The fraction of sp³-hybridized carbons (Fsp3) is 0.571. The van der Waals surface area contributed by atoms with Gasteiger partial charge in [0.2, 0.25) is 10.0 Å². The predicted molar refractivity (Wildman–Crippen MR) is 84.2 cm³/mol. The van der Waals surface area contributed by atoms with Crippen molar-refractivity contribution in [2.75, 3.05) is 24.6 Å². The van der Waals surface area contributed by atoms with E-state index in [1.165, 1.54) is 13.1 Å². The molecular formula is C14H25N3O2S. The van der Waals surface area contributed by atoms with Crippen LogP contribution in [0.4, 0.5) is 11.4 Å². The summed E-state index contributed by atoms with van der Waals surface area (Å²) in [4.78, 5) is 0.173. The maximum atomic E-state index is 11.7. The number of sulfonamides is 1. The highest BCUT2D eigenvalue weighted by molar-refractivity contribution is 7.89. The van der Waals surface area contributed by atoms with Gasteiger partial charge in [-0.25, -0.2) is 13.1 Å². The summed E-state index contributed by atoms with van der Waals surface area (Å²) in [5.74, 6) is 0.461. The van der Waals surface area contributed by atoms with E-state index >= 15 is 0 Å². The Labute approximate surface area is 122 Å². The summed E-state index contributed by atoms with van der Waals surface area (Å²) in [6.45, 7) is 9.51. The second-order valence-electron chi connectivity index (χ2n) is 6.10. The lowest BCUT2D eigenvalue weighted by atomic mass is 9.82. The molecule has 1 aromatic rings. The maximum Gasteiger partial charge on any atom is 0.240 e. The zero-order chi connectivity index (χ0) is 15.6. The molecule has 6 heteroatoms. The first kappa shape index (κ1) is 16.8. The van der Waals surface area contributed by atoms with Gasteiger partial charge in [-0.15, -0.1) is 0 Å². The van der Waals surface area contributed by atoms with Gasteiger partial charge in [0.25, 0.3) is 0 Å². The van der Waals surface area contributed by atoms with Gasteiger partial charge in [-0.1, -0.05) is 27.7 Å². The highest BCUT2D eigenvalue weighted by Gasteiger charge is 2.20. The smallest absolute Gasteiger partial charge is 0.240 e. The molecule has 1 unspecified atom stereocenters. The zero-order valence-electron chi connectivity index (χ0n) is 12.8. The molecule has 0 saturated heterocycles. The Bertz CT molecular complexity index is 562. The van der Waals surface area contributed by atoms with Gasteiger partial charge in [-0.3, -0.25) is 0 Å². The molecule has 5 nitrogen and oxygen atoms in total. The van der Waals surface area contributed by atoms with Crippen molar-refractivity contribution in [3.8, 4) is 0 Å². The van der Waals surface area contributed by atoms with Crippen molar-refractivity contribution in [3.63, 3.8) is 0 Å². The largest absolute Gasteiger partial charge is 0.397 e. The Balaban J connectivity index is 2.85. The van der Waals surface area contributed by atoms with Gasteiger partial charge in [-0.2, -0.15) is 0 Å². The minimum Gasteiger partial charge on any atom is -0.397 e. The minimum absolute atomic E-state index is 0.173. The van der Waals surface area contributed by atoms with Crippen LogP contribution >= 0.6 is 0 Å². The third-order valence-corrected chi connectivity index (χ3v) is 5.09. The molecule has 0 heterocycles. The lowest BCUT2D eigenvalue weighted by Gasteiger charge is -2.28. The number of nitrogens with one attached hydrogen (secondary N) is 2. The molecule has 0 aromatic heterocycles. The molecule has 4 N–H and O–H groups in total. The maximum absolute atomic E-state index is 11.7. The molecule has 20 heavy (non-hydrogen) atoms. The van der Waals surface area contributed by atoms with Crippen LogP contribution in [0.2, 0.25) is 0 Å². The normalized spacial score (nSPS) is 14.1. The topological polar surface area (TPSA) is 84.2 Å². The van der Waals surface area contributed by atoms with E-state index in [9.17, 15) is 8.42 Å². The summed E-state index contributed by atoms with van der Waals surface area (Å²) < 4.78 is 25.6. The number of hydrogen-bond donors (Lipinski definition) is 3. The van der Waals surface area contributed by atoms with E-state index in [2.05, 4.69) is 37.7 Å². The van der Waals surface area contributed by atoms with Gasteiger partial charge in [0, 0.05) is 6.54 Å². The molecular weight excluding hydrogens is 274 g/mol. The molecule has 0 amide bonds. The Morgan fingerprint density at radius 3 is 2.35 bits per heavy atom. The molecule has 0 aliphatic carbocycles. The number of nitrogens with two attached hydrogens (primary N) is 1. The zero-order valence-corrected chi connectivity index (χ0v) is 13.6. The first-order chi connectivity index (χ1) is 9.08. The molecule has 0 radical (unpaired) electrons. The van der Waals surface area contributed by atoms with Crippen LogP contribution in [-0.2, 0) is 10.0 Å². The number of benzene rings is 1. The van der Waals surface area contributed by atoms with Gasteiger partial charge >= 0.3 is 0 Å². The fourth-order valence-electron chi connectivity index (χ4n) is 1.56. The van der Waals surface area contributed by atoms with Crippen LogP contribution in [0.15, 0.2) is 23.1 Å². The number of hydrogen-bond acceptors (Lipinski definition) is 4. The van der Waals surface area contributed by atoms with E-state index in [4.69, 9.17) is 5.73 Å². The first-order valence-corrected chi connectivity index (χ1v) is 8.13. The molecule has 1 atom stereocenters. The summed E-state index contributed by atoms with van der Waals surface area (Å²) in [5, 5.41) is 3.28. The fourth-order valence-corrected chi connectivity index (χ4v) is 2.32. The van der Waals surface area contributed by atoms with E-state index < -0.39 is 10.0 Å². The summed E-state index contributed by atoms with van der Waals surface area (Å²) in [6, 6.07) is 4.72. The lowest BCUT2D eigenvalue weighted by Crippen LogP contribution is -2.25. The standard InChI is InChI=1S/C14H25N3O2S/c1-10(14(2,3)4)9-17-13-7-6-11(8-12(13)15)20(18,19)16-5/h6-8,10,16-17H,9,15H2,1-5H3. The van der Waals surface area contributed by atoms with Crippen LogP contribution in [0.1, 0.15) is 27.7 Å². The summed E-state index contributed by atoms with van der Waals surface area (Å²) in [5.41, 5.74) is 7.31. The first-order valence-electron chi connectivity index (χ1n) is 6.65. The van der Waals surface area contributed by atoms with Gasteiger partial charge in [-0.05, 0) is 36.6 Å². The minimum atomic E-state index is -3.45. The van der Waals surface area contributed by atoms with Crippen molar-refractivity contribution in [3.05, 3.63) is 18.2 Å². The third-order valence-electron chi connectivity index (χ3n) is 3.68. The van der Waals surface area contributed by atoms with E-state index in [-0.39, 0.29) is 10.3 Å². The number of rotatable bonds is 5. The van der Waals surface area contributed by atoms with Crippen LogP contribution in [0.25, 0.3) is 0 Å². The van der Waals surface area contributed by atoms with Crippen molar-refractivity contribution in [2.45, 2.75) is 32.6 Å². The van der Waals surface area contributed by atoms with Crippen LogP contribution in [0.3, 0.4) is 0 Å². The summed E-state index contributed by atoms with van der Waals surface area (Å²) in [7, 11) is -2.07. The highest BCUT2D eigenvalue weighted by atomic mass is 32.2. The van der Waals surface area contributed by atoms with E-state index in [1.54, 1.807) is 12.1 Å². The average Bonchev–Trinajstić information content (AvgIpc) is 2.35. The van der Waals surface area contributed by atoms with Crippen molar-refractivity contribution in [1.29, 1.82) is 0 Å². The number of nitrogen functional groups attached to an aromatic ring is 1. The summed E-state index contributed by atoms with van der Waals surface area (Å²) in [6.07, 6.45) is 0. The van der Waals surface area contributed by atoms with Gasteiger partial charge < -0.3 is 11.1 Å². The average molecular weight is 299 g/mol. The van der Waals surface area contributed by atoms with Gasteiger partial charge in [0.05, 0.1) is 16.3 Å². The Morgan fingerprint density at radius 2 is 1.90 bits per heavy atom. The van der Waals surface area contributed by atoms with Crippen molar-refractivity contribution in [2.24, 2.45) is 11.3 Å². The second-order valence-corrected chi connectivity index (χ2v) is 7.99. The van der Waals surface area contributed by atoms with Crippen LogP contribution in [0.5, 0.6) is 0 Å². The quantitative estimate of drug-likeness (QED) is 0.728. The molecule has 0 spiro atoms. The molecule has 0 fully saturated rings. The van der Waals surface area contributed by atoms with Crippen molar-refractivity contribution < 1.29 is 8.42 Å². The SMILES string of the molecule is CNS(=O)(=O)c1ccc(NCC(C)C(C)(C)C)c(N)c1. The Kier molecular flexibility index (Phi) is 5.05. The summed E-state index contributed by atoms with van der Waals surface area (Å²) >= 11 is 0. The Morgan fingerprint density at radius 1 is 1.30 bits per heavy atom. The molecule has 1 rings (SSSR count). The Hall–Kier alpha value is -1.27. The second kappa shape index (κ2) is 6.01. The van der Waals surface area contributed by atoms with Crippen LogP contribution in [0, 0.1) is 11.3 Å².